The molecule has 17 heavy (non-hydrogen) atoms. The summed E-state index contributed by atoms with van der Waals surface area (Å²) >= 11 is 0. The lowest BCUT2D eigenvalue weighted by molar-refractivity contribution is 0.396. The Kier molecular flexibility index (Phi) is 5.10. The van der Waals surface area contributed by atoms with Crippen LogP contribution >= 0.6 is 0 Å². The van der Waals surface area contributed by atoms with Crippen LogP contribution in [0.15, 0.2) is 22.2 Å². The summed E-state index contributed by atoms with van der Waals surface area (Å²) < 4.78 is 7.09. The zero-order valence-electron chi connectivity index (χ0n) is 10.1. The number of hydrogen-bond acceptors (Lipinski definition) is 3. The van der Waals surface area contributed by atoms with E-state index in [1.807, 2.05) is 11.5 Å². The van der Waals surface area contributed by atoms with Crippen LogP contribution in [-0.4, -0.2) is 18.2 Å². The minimum Gasteiger partial charge on any atom is -0.491 e. The van der Waals surface area contributed by atoms with Crippen LogP contribution in [0.2, 0.25) is 0 Å². The topological polar surface area (TPSA) is 80.0 Å². The van der Waals surface area contributed by atoms with Crippen LogP contribution in [0.1, 0.15) is 19.0 Å². The molecule has 1 aromatic heterocycles. The van der Waals surface area contributed by atoms with E-state index < -0.39 is 0 Å². The van der Waals surface area contributed by atoms with Crippen molar-refractivity contribution in [3.05, 3.63) is 38.6 Å². The van der Waals surface area contributed by atoms with Crippen molar-refractivity contribution in [1.29, 1.82) is 0 Å². The number of azide groups is 1. The SMILES string of the molecule is CCc1c(OC)c(=O)ccn1CCCN=[N+]=[N-]. The Labute approximate surface area is 99.5 Å². The maximum absolute atomic E-state index is 11.6. The van der Waals surface area contributed by atoms with E-state index in [-0.39, 0.29) is 5.43 Å². The Balaban J connectivity index is 2.91. The molecule has 0 saturated heterocycles. The Morgan fingerprint density at radius 2 is 2.35 bits per heavy atom. The largest absolute Gasteiger partial charge is 0.491 e. The molecule has 1 rings (SSSR count). The van der Waals surface area contributed by atoms with E-state index in [0.29, 0.717) is 18.8 Å². The van der Waals surface area contributed by atoms with Gasteiger partial charge in [0.15, 0.2) is 5.75 Å². The van der Waals surface area contributed by atoms with Gasteiger partial charge in [-0.3, -0.25) is 4.79 Å². The van der Waals surface area contributed by atoms with Crippen LogP contribution in [0.25, 0.3) is 10.4 Å². The molecule has 1 aromatic rings. The summed E-state index contributed by atoms with van der Waals surface area (Å²) in [5.74, 6) is 0.402. The smallest absolute Gasteiger partial charge is 0.223 e. The Hall–Kier alpha value is -1.94. The van der Waals surface area contributed by atoms with Gasteiger partial charge in [-0.2, -0.15) is 0 Å². The van der Waals surface area contributed by atoms with Crippen LogP contribution in [0.5, 0.6) is 5.75 Å². The summed E-state index contributed by atoms with van der Waals surface area (Å²) in [4.78, 5) is 14.3. The zero-order chi connectivity index (χ0) is 12.7. The summed E-state index contributed by atoms with van der Waals surface area (Å²) in [5, 5.41) is 3.48. The molecule has 1 heterocycles. The molecule has 0 amide bonds. The van der Waals surface area contributed by atoms with Crippen molar-refractivity contribution in [3.8, 4) is 5.75 Å². The standard InChI is InChI=1S/C11H16N4O2/c1-3-9-11(17-2)10(16)5-8-15(9)7-4-6-13-14-12/h5,8H,3-4,6-7H2,1-2H3. The third-order valence-corrected chi connectivity index (χ3v) is 2.50. The van der Waals surface area contributed by atoms with Gasteiger partial charge in [0.2, 0.25) is 5.43 Å². The minimum absolute atomic E-state index is 0.101. The predicted octanol–water partition coefficient (Wildman–Crippen LogP) is 2.12. The van der Waals surface area contributed by atoms with Crippen molar-refractivity contribution >= 4 is 0 Å². The Bertz CT molecular complexity index is 475. The Morgan fingerprint density at radius 3 is 2.94 bits per heavy atom. The number of ether oxygens (including phenoxy) is 1. The van der Waals surface area contributed by atoms with Gasteiger partial charge >= 0.3 is 0 Å². The quantitative estimate of drug-likeness (QED) is 0.328. The molecule has 0 fully saturated rings. The highest BCUT2D eigenvalue weighted by atomic mass is 16.5. The van der Waals surface area contributed by atoms with Crippen molar-refractivity contribution in [2.24, 2.45) is 5.11 Å². The first-order valence-electron chi connectivity index (χ1n) is 5.51. The molecule has 6 heteroatoms. The summed E-state index contributed by atoms with van der Waals surface area (Å²) in [5.41, 5.74) is 8.95. The van der Waals surface area contributed by atoms with Gasteiger partial charge in [-0.15, -0.1) is 0 Å². The summed E-state index contributed by atoms with van der Waals surface area (Å²) in [6.07, 6.45) is 3.21. The number of pyridine rings is 1. The fraction of sp³-hybridized carbons (Fsp3) is 0.545. The second-order valence-corrected chi connectivity index (χ2v) is 3.51. The van der Waals surface area contributed by atoms with E-state index in [9.17, 15) is 4.79 Å². The first-order valence-corrected chi connectivity index (χ1v) is 5.51. The number of rotatable bonds is 6. The second-order valence-electron chi connectivity index (χ2n) is 3.51. The Morgan fingerprint density at radius 1 is 1.59 bits per heavy atom. The van der Waals surface area contributed by atoms with E-state index >= 15 is 0 Å². The maximum Gasteiger partial charge on any atom is 0.223 e. The summed E-state index contributed by atoms with van der Waals surface area (Å²) in [6, 6.07) is 1.49. The lowest BCUT2D eigenvalue weighted by Crippen LogP contribution is -2.15. The van der Waals surface area contributed by atoms with Gasteiger partial charge in [0, 0.05) is 30.3 Å². The van der Waals surface area contributed by atoms with E-state index in [2.05, 4.69) is 10.0 Å². The molecule has 0 aliphatic heterocycles. The van der Waals surface area contributed by atoms with Crippen molar-refractivity contribution in [3.63, 3.8) is 0 Å². The fourth-order valence-electron chi connectivity index (χ4n) is 1.74. The highest BCUT2D eigenvalue weighted by Crippen LogP contribution is 2.13. The molecule has 0 bridgehead atoms. The highest BCUT2D eigenvalue weighted by molar-refractivity contribution is 5.28. The van der Waals surface area contributed by atoms with Gasteiger partial charge in [-0.25, -0.2) is 0 Å². The lowest BCUT2D eigenvalue weighted by Gasteiger charge is -2.14. The van der Waals surface area contributed by atoms with E-state index in [1.54, 1.807) is 6.20 Å². The van der Waals surface area contributed by atoms with Crippen molar-refractivity contribution < 1.29 is 4.74 Å². The molecule has 0 unspecified atom stereocenters. The lowest BCUT2D eigenvalue weighted by atomic mass is 10.2. The third kappa shape index (κ3) is 3.26. The van der Waals surface area contributed by atoms with Crippen molar-refractivity contribution in [2.45, 2.75) is 26.3 Å². The van der Waals surface area contributed by atoms with Crippen molar-refractivity contribution in [2.75, 3.05) is 13.7 Å². The van der Waals surface area contributed by atoms with Crippen LogP contribution < -0.4 is 10.2 Å². The third-order valence-electron chi connectivity index (χ3n) is 2.50. The number of aryl methyl sites for hydroxylation is 1. The molecule has 0 saturated carbocycles. The monoisotopic (exact) mass is 236 g/mol. The average Bonchev–Trinajstić information content (AvgIpc) is 2.35. The fourth-order valence-corrected chi connectivity index (χ4v) is 1.74. The predicted molar refractivity (Wildman–Crippen MR) is 65.3 cm³/mol. The normalized spacial score (nSPS) is 9.76. The van der Waals surface area contributed by atoms with E-state index in [0.717, 1.165) is 18.5 Å². The first kappa shape index (κ1) is 13.1. The van der Waals surface area contributed by atoms with Crippen LogP contribution in [0.3, 0.4) is 0 Å². The molecule has 6 nitrogen and oxygen atoms in total. The minimum atomic E-state index is -0.101. The molecular formula is C11H16N4O2. The maximum atomic E-state index is 11.6. The molecule has 0 atom stereocenters. The number of methoxy groups -OCH3 is 1. The first-order chi connectivity index (χ1) is 8.24. The van der Waals surface area contributed by atoms with Gasteiger partial charge in [-0.05, 0) is 18.4 Å². The molecule has 0 spiro atoms. The van der Waals surface area contributed by atoms with Gasteiger partial charge in [-0.1, -0.05) is 12.0 Å². The summed E-state index contributed by atoms with van der Waals surface area (Å²) in [7, 11) is 1.50. The number of aromatic nitrogens is 1. The average molecular weight is 236 g/mol. The van der Waals surface area contributed by atoms with Gasteiger partial charge in [0.1, 0.15) is 0 Å². The number of hydrogen-bond donors (Lipinski definition) is 0. The molecule has 0 radical (unpaired) electrons. The molecule has 0 aliphatic rings. The summed E-state index contributed by atoms with van der Waals surface area (Å²) in [6.45, 7) is 3.13. The van der Waals surface area contributed by atoms with Crippen LogP contribution in [-0.2, 0) is 13.0 Å². The van der Waals surface area contributed by atoms with Gasteiger partial charge in [0.25, 0.3) is 0 Å². The number of nitrogens with zero attached hydrogens (tertiary/aromatic N) is 4. The van der Waals surface area contributed by atoms with Crippen molar-refractivity contribution in [1.82, 2.24) is 4.57 Å². The van der Waals surface area contributed by atoms with E-state index in [1.165, 1.54) is 13.2 Å². The zero-order valence-corrected chi connectivity index (χ0v) is 10.1. The van der Waals surface area contributed by atoms with Crippen LogP contribution in [0.4, 0.5) is 0 Å². The molecular weight excluding hydrogens is 220 g/mol. The van der Waals surface area contributed by atoms with E-state index in [4.69, 9.17) is 10.3 Å². The van der Waals surface area contributed by atoms with Gasteiger partial charge in [0.05, 0.1) is 12.8 Å². The molecule has 0 aromatic carbocycles. The van der Waals surface area contributed by atoms with Gasteiger partial charge < -0.3 is 9.30 Å². The second kappa shape index (κ2) is 6.60. The molecule has 0 aliphatic carbocycles. The van der Waals surface area contributed by atoms with Crippen LogP contribution in [0, 0.1) is 0 Å². The highest BCUT2D eigenvalue weighted by Gasteiger charge is 2.09. The molecule has 92 valence electrons. The molecule has 0 N–H and O–H groups in total.